The molecule has 1 atom stereocenters. The monoisotopic (exact) mass is 428 g/mol. The van der Waals surface area contributed by atoms with Gasteiger partial charge in [0, 0.05) is 23.8 Å². The van der Waals surface area contributed by atoms with Gasteiger partial charge in [0.25, 0.3) is 0 Å². The molecule has 2 aromatic carbocycles. The Morgan fingerprint density at radius 1 is 1.21 bits per heavy atom. The second kappa shape index (κ2) is 9.37. The highest BCUT2D eigenvalue weighted by Crippen LogP contribution is 2.23. The Labute approximate surface area is 171 Å². The minimum atomic E-state index is -4.71. The van der Waals surface area contributed by atoms with Crippen molar-refractivity contribution < 1.29 is 27.4 Å². The minimum absolute atomic E-state index is 0.153. The Balaban J connectivity index is 1.48. The van der Waals surface area contributed by atoms with Gasteiger partial charge in [-0.05, 0) is 48.7 Å². The van der Waals surface area contributed by atoms with E-state index in [1.165, 1.54) is 24.3 Å². The number of ether oxygens (including phenoxy) is 2. The van der Waals surface area contributed by atoms with Crippen molar-refractivity contribution in [1.82, 2.24) is 4.90 Å². The van der Waals surface area contributed by atoms with Crippen LogP contribution in [0.4, 0.5) is 23.7 Å². The number of anilines is 1. The fraction of sp³-hybridized carbons (Fsp3) is 0.350. The first kappa shape index (κ1) is 21.3. The van der Waals surface area contributed by atoms with E-state index in [9.17, 15) is 18.0 Å². The Morgan fingerprint density at radius 3 is 2.66 bits per heavy atom. The minimum Gasteiger partial charge on any atom is -0.406 e. The molecule has 156 valence electrons. The fourth-order valence-electron chi connectivity index (χ4n) is 3.03. The quantitative estimate of drug-likeness (QED) is 0.688. The summed E-state index contributed by atoms with van der Waals surface area (Å²) in [6.45, 7) is 1.29. The second-order valence-electron chi connectivity index (χ2n) is 6.65. The van der Waals surface area contributed by atoms with Crippen LogP contribution in [-0.4, -0.2) is 36.5 Å². The number of likely N-dealkylation sites (tertiary alicyclic amines) is 1. The molecular formula is C20H20ClF3N2O3. The third-order valence-corrected chi connectivity index (χ3v) is 4.62. The number of carbonyl (C=O) groups is 1. The van der Waals surface area contributed by atoms with Crippen molar-refractivity contribution in [2.75, 3.05) is 18.4 Å². The number of nitrogens with zero attached hydrogens (tertiary/aromatic N) is 1. The number of nitrogens with one attached hydrogen (secondary N) is 1. The van der Waals surface area contributed by atoms with E-state index in [0.717, 1.165) is 18.4 Å². The van der Waals surface area contributed by atoms with Crippen LogP contribution in [0.5, 0.6) is 5.75 Å². The summed E-state index contributed by atoms with van der Waals surface area (Å²) in [6.07, 6.45) is -3.27. The molecule has 0 bridgehead atoms. The molecule has 0 aliphatic carbocycles. The maximum atomic E-state index is 12.5. The molecule has 1 saturated heterocycles. The third kappa shape index (κ3) is 6.83. The smallest absolute Gasteiger partial charge is 0.406 e. The van der Waals surface area contributed by atoms with Crippen LogP contribution in [0.1, 0.15) is 18.4 Å². The summed E-state index contributed by atoms with van der Waals surface area (Å²) >= 11 is 5.93. The van der Waals surface area contributed by atoms with Crippen LogP contribution in [0.25, 0.3) is 0 Å². The molecule has 29 heavy (non-hydrogen) atoms. The highest BCUT2D eigenvalue weighted by molar-refractivity contribution is 6.30. The summed E-state index contributed by atoms with van der Waals surface area (Å²) in [7, 11) is 0. The zero-order chi connectivity index (χ0) is 20.9. The van der Waals surface area contributed by atoms with E-state index in [1.54, 1.807) is 29.2 Å². The molecule has 9 heteroatoms. The van der Waals surface area contributed by atoms with Crippen LogP contribution in [-0.2, 0) is 11.3 Å². The van der Waals surface area contributed by atoms with Gasteiger partial charge in [-0.3, -0.25) is 0 Å². The Hall–Kier alpha value is -2.45. The number of halogens is 4. The molecule has 2 amide bonds. The van der Waals surface area contributed by atoms with Gasteiger partial charge in [-0.2, -0.15) is 0 Å². The van der Waals surface area contributed by atoms with Crippen molar-refractivity contribution in [1.29, 1.82) is 0 Å². The predicted octanol–water partition coefficient (Wildman–Crippen LogP) is 5.45. The van der Waals surface area contributed by atoms with Gasteiger partial charge < -0.3 is 19.7 Å². The van der Waals surface area contributed by atoms with Crippen LogP contribution in [0, 0.1) is 0 Å². The molecule has 1 fully saturated rings. The number of amides is 2. The average Bonchev–Trinajstić information content (AvgIpc) is 2.66. The number of hydrogen-bond donors (Lipinski definition) is 1. The zero-order valence-electron chi connectivity index (χ0n) is 15.4. The van der Waals surface area contributed by atoms with Crippen molar-refractivity contribution in [3.05, 3.63) is 59.1 Å². The van der Waals surface area contributed by atoms with E-state index >= 15 is 0 Å². The van der Waals surface area contributed by atoms with Gasteiger partial charge >= 0.3 is 12.4 Å². The molecule has 3 rings (SSSR count). The molecule has 1 aliphatic heterocycles. The summed E-state index contributed by atoms with van der Waals surface area (Å²) in [4.78, 5) is 14.1. The van der Waals surface area contributed by atoms with Crippen molar-refractivity contribution in [2.24, 2.45) is 0 Å². The van der Waals surface area contributed by atoms with Crippen LogP contribution in [0.3, 0.4) is 0 Å². The lowest BCUT2D eigenvalue weighted by Gasteiger charge is -2.32. The maximum absolute atomic E-state index is 12.5. The van der Waals surface area contributed by atoms with Gasteiger partial charge in [0.2, 0.25) is 0 Å². The normalized spacial score (nSPS) is 17.1. The van der Waals surface area contributed by atoms with Crippen LogP contribution >= 0.6 is 11.6 Å². The largest absolute Gasteiger partial charge is 0.573 e. The van der Waals surface area contributed by atoms with Gasteiger partial charge in [0.1, 0.15) is 5.75 Å². The zero-order valence-corrected chi connectivity index (χ0v) is 16.2. The van der Waals surface area contributed by atoms with Crippen LogP contribution in [0.15, 0.2) is 48.5 Å². The number of carbonyl (C=O) groups excluding carboxylic acids is 1. The molecular weight excluding hydrogens is 409 g/mol. The molecule has 1 heterocycles. The Morgan fingerprint density at radius 2 is 1.97 bits per heavy atom. The first-order valence-corrected chi connectivity index (χ1v) is 9.44. The topological polar surface area (TPSA) is 50.8 Å². The molecule has 0 radical (unpaired) electrons. The lowest BCUT2D eigenvalue weighted by molar-refractivity contribution is -0.274. The molecule has 0 spiro atoms. The van der Waals surface area contributed by atoms with E-state index in [0.29, 0.717) is 23.8 Å². The lowest BCUT2D eigenvalue weighted by atomic mass is 10.1. The van der Waals surface area contributed by atoms with Crippen LogP contribution in [0.2, 0.25) is 5.02 Å². The fourth-order valence-corrected chi connectivity index (χ4v) is 3.22. The van der Waals surface area contributed by atoms with E-state index in [1.807, 2.05) is 0 Å². The summed E-state index contributed by atoms with van der Waals surface area (Å²) < 4.78 is 46.3. The second-order valence-corrected chi connectivity index (χ2v) is 7.09. The first-order chi connectivity index (χ1) is 13.8. The van der Waals surface area contributed by atoms with Crippen molar-refractivity contribution >= 4 is 23.3 Å². The number of benzene rings is 2. The van der Waals surface area contributed by atoms with E-state index in [4.69, 9.17) is 16.3 Å². The molecule has 1 aliphatic rings. The van der Waals surface area contributed by atoms with Crippen molar-refractivity contribution in [3.63, 3.8) is 0 Å². The highest BCUT2D eigenvalue weighted by atomic mass is 35.5. The van der Waals surface area contributed by atoms with E-state index in [2.05, 4.69) is 10.1 Å². The molecule has 0 saturated carbocycles. The standard InChI is InChI=1S/C20H20ClF3N2O3/c21-15-3-1-4-16(11-15)25-19(27)26-10-2-5-18(12-26)28-13-14-6-8-17(9-7-14)29-20(22,23)24/h1,3-4,6-9,11,18H,2,5,10,12-13H2,(H,25,27)/t18-/m0/s1. The number of piperidine rings is 1. The summed E-state index contributed by atoms with van der Waals surface area (Å²) in [5.74, 6) is -0.275. The summed E-state index contributed by atoms with van der Waals surface area (Å²) in [6, 6.07) is 12.2. The summed E-state index contributed by atoms with van der Waals surface area (Å²) in [5.41, 5.74) is 1.34. The lowest BCUT2D eigenvalue weighted by Crippen LogP contribution is -2.45. The van der Waals surface area contributed by atoms with E-state index < -0.39 is 6.36 Å². The molecule has 1 N–H and O–H groups in total. The van der Waals surface area contributed by atoms with Crippen molar-refractivity contribution in [3.8, 4) is 5.75 Å². The van der Waals surface area contributed by atoms with Gasteiger partial charge in [-0.1, -0.05) is 29.8 Å². The van der Waals surface area contributed by atoms with Gasteiger partial charge in [-0.15, -0.1) is 13.2 Å². The number of hydrogen-bond acceptors (Lipinski definition) is 3. The average molecular weight is 429 g/mol. The van der Waals surface area contributed by atoms with Gasteiger partial charge in [-0.25, -0.2) is 4.79 Å². The molecule has 2 aromatic rings. The number of rotatable bonds is 5. The Bertz CT molecular complexity index is 830. The highest BCUT2D eigenvalue weighted by Gasteiger charge is 2.31. The van der Waals surface area contributed by atoms with Crippen LogP contribution < -0.4 is 10.1 Å². The predicted molar refractivity (Wildman–Crippen MR) is 103 cm³/mol. The third-order valence-electron chi connectivity index (χ3n) is 4.38. The van der Waals surface area contributed by atoms with Gasteiger partial charge in [0.15, 0.2) is 0 Å². The number of urea groups is 1. The van der Waals surface area contributed by atoms with Gasteiger partial charge in [0.05, 0.1) is 12.7 Å². The SMILES string of the molecule is O=C(Nc1cccc(Cl)c1)N1CCC[C@H](OCc2ccc(OC(F)(F)F)cc2)C1. The molecule has 5 nitrogen and oxygen atoms in total. The Kier molecular flexibility index (Phi) is 6.87. The van der Waals surface area contributed by atoms with E-state index in [-0.39, 0.29) is 24.5 Å². The van der Waals surface area contributed by atoms with Crippen molar-refractivity contribution in [2.45, 2.75) is 31.9 Å². The number of alkyl halides is 3. The molecule has 0 aromatic heterocycles. The first-order valence-electron chi connectivity index (χ1n) is 9.06. The maximum Gasteiger partial charge on any atom is 0.573 e. The summed E-state index contributed by atoms with van der Waals surface area (Å²) in [5, 5.41) is 3.35. The molecule has 0 unspecified atom stereocenters.